The van der Waals surface area contributed by atoms with Crippen LogP contribution in [0, 0.1) is 0 Å². The average Bonchev–Trinajstić information content (AvgIpc) is 2.98. The Morgan fingerprint density at radius 1 is 1.15 bits per heavy atom. The molecule has 0 aliphatic rings. The first-order valence-corrected chi connectivity index (χ1v) is 9.31. The third kappa shape index (κ3) is 5.93. The maximum atomic E-state index is 12.2. The minimum absolute atomic E-state index is 0.0357. The first-order valence-electron chi connectivity index (χ1n) is 8.43. The lowest BCUT2D eigenvalue weighted by molar-refractivity contribution is -0.115. The Morgan fingerprint density at radius 3 is 2.38 bits per heavy atom. The molecule has 2 N–H and O–H groups in total. The van der Waals surface area contributed by atoms with Gasteiger partial charge < -0.3 is 15.5 Å². The first-order chi connectivity index (χ1) is 12.1. The van der Waals surface area contributed by atoms with E-state index in [2.05, 4.69) is 36.4 Å². The number of nitrogens with zero attached hydrogens (tertiary/aromatic N) is 2. The van der Waals surface area contributed by atoms with Gasteiger partial charge in [-0.15, -0.1) is 11.3 Å². The first kappa shape index (κ1) is 20.1. The highest BCUT2D eigenvalue weighted by atomic mass is 32.1. The number of hydrogen-bond acceptors (Lipinski definition) is 5. The van der Waals surface area contributed by atoms with Gasteiger partial charge in [-0.3, -0.25) is 9.59 Å². The molecule has 0 aliphatic carbocycles. The van der Waals surface area contributed by atoms with E-state index < -0.39 is 0 Å². The fourth-order valence-electron chi connectivity index (χ4n) is 2.31. The second-order valence-corrected chi connectivity index (χ2v) is 8.30. The molecule has 2 rings (SSSR count). The number of aromatic nitrogens is 1. The van der Waals surface area contributed by atoms with Crippen molar-refractivity contribution >= 4 is 28.3 Å². The number of carbonyl (C=O) groups is 2. The van der Waals surface area contributed by atoms with Crippen LogP contribution in [0.3, 0.4) is 0 Å². The highest BCUT2D eigenvalue weighted by Crippen LogP contribution is 2.22. The SMILES string of the molecule is CN(C)Cc1csc(NC(=O)CNC(=O)c2ccc(C(C)(C)C)cc2)n1. The van der Waals surface area contributed by atoms with Crippen LogP contribution in [0.25, 0.3) is 0 Å². The van der Waals surface area contributed by atoms with Crippen molar-refractivity contribution in [1.29, 1.82) is 0 Å². The van der Waals surface area contributed by atoms with Crippen molar-refractivity contribution in [2.24, 2.45) is 0 Å². The van der Waals surface area contributed by atoms with Crippen LogP contribution < -0.4 is 10.6 Å². The zero-order chi connectivity index (χ0) is 19.3. The zero-order valence-corrected chi connectivity index (χ0v) is 16.7. The smallest absolute Gasteiger partial charge is 0.251 e. The summed E-state index contributed by atoms with van der Waals surface area (Å²) in [5.74, 6) is -0.566. The van der Waals surface area contributed by atoms with Gasteiger partial charge in [0.05, 0.1) is 12.2 Å². The third-order valence-corrected chi connectivity index (χ3v) is 4.51. The predicted octanol–water partition coefficient (Wildman–Crippen LogP) is 2.87. The summed E-state index contributed by atoms with van der Waals surface area (Å²) in [6.07, 6.45) is 0. The molecule has 1 heterocycles. The summed E-state index contributed by atoms with van der Waals surface area (Å²) in [6, 6.07) is 7.44. The quantitative estimate of drug-likeness (QED) is 0.815. The molecule has 0 radical (unpaired) electrons. The van der Waals surface area contributed by atoms with Gasteiger partial charge in [0.1, 0.15) is 0 Å². The van der Waals surface area contributed by atoms with Crippen molar-refractivity contribution in [2.45, 2.75) is 32.7 Å². The number of thiazole rings is 1. The number of carbonyl (C=O) groups excluding carboxylic acids is 2. The van der Waals surface area contributed by atoms with E-state index in [1.54, 1.807) is 12.1 Å². The number of amides is 2. The van der Waals surface area contributed by atoms with Crippen LogP contribution in [-0.2, 0) is 16.8 Å². The normalized spacial score (nSPS) is 11.5. The van der Waals surface area contributed by atoms with Crippen molar-refractivity contribution in [3.8, 4) is 0 Å². The number of anilines is 1. The molecular formula is C19H26N4O2S. The van der Waals surface area contributed by atoms with Crippen LogP contribution in [-0.4, -0.2) is 42.3 Å². The molecule has 0 bridgehead atoms. The molecule has 1 aromatic carbocycles. The minimum Gasteiger partial charge on any atom is -0.343 e. The van der Waals surface area contributed by atoms with Gasteiger partial charge in [-0.1, -0.05) is 32.9 Å². The largest absolute Gasteiger partial charge is 0.343 e. The van der Waals surface area contributed by atoms with E-state index >= 15 is 0 Å². The fourth-order valence-corrected chi connectivity index (χ4v) is 3.03. The molecule has 2 aromatic rings. The van der Waals surface area contributed by atoms with Gasteiger partial charge in [-0.05, 0) is 37.2 Å². The minimum atomic E-state index is -0.296. The lowest BCUT2D eigenvalue weighted by Crippen LogP contribution is -2.32. The van der Waals surface area contributed by atoms with Gasteiger partial charge in [0.2, 0.25) is 5.91 Å². The Balaban J connectivity index is 1.85. The van der Waals surface area contributed by atoms with Crippen LogP contribution in [0.4, 0.5) is 5.13 Å². The maximum absolute atomic E-state index is 12.2. The van der Waals surface area contributed by atoms with Crippen LogP contribution >= 0.6 is 11.3 Å². The van der Waals surface area contributed by atoms with E-state index in [0.29, 0.717) is 17.2 Å². The van der Waals surface area contributed by atoms with Gasteiger partial charge >= 0.3 is 0 Å². The van der Waals surface area contributed by atoms with E-state index in [-0.39, 0.29) is 23.8 Å². The summed E-state index contributed by atoms with van der Waals surface area (Å²) < 4.78 is 0. The third-order valence-electron chi connectivity index (χ3n) is 3.70. The average molecular weight is 375 g/mol. The lowest BCUT2D eigenvalue weighted by Gasteiger charge is -2.19. The Hall–Kier alpha value is -2.25. The summed E-state index contributed by atoms with van der Waals surface area (Å²) in [7, 11) is 3.92. The van der Waals surface area contributed by atoms with Crippen LogP contribution in [0.5, 0.6) is 0 Å². The Labute approximate surface area is 158 Å². The number of nitrogens with one attached hydrogen (secondary N) is 2. The maximum Gasteiger partial charge on any atom is 0.251 e. The van der Waals surface area contributed by atoms with E-state index in [0.717, 1.165) is 11.3 Å². The second-order valence-electron chi connectivity index (χ2n) is 7.44. The Bertz CT molecular complexity index is 761. The molecule has 0 saturated heterocycles. The van der Waals surface area contributed by atoms with E-state index in [1.807, 2.05) is 36.5 Å². The van der Waals surface area contributed by atoms with Gasteiger partial charge in [0, 0.05) is 17.5 Å². The fraction of sp³-hybridized carbons (Fsp3) is 0.421. The molecule has 0 aliphatic heterocycles. The van der Waals surface area contributed by atoms with Crippen LogP contribution in [0.15, 0.2) is 29.6 Å². The van der Waals surface area contributed by atoms with Crippen LogP contribution in [0.1, 0.15) is 42.4 Å². The Morgan fingerprint density at radius 2 is 1.81 bits per heavy atom. The van der Waals surface area contributed by atoms with Crippen molar-refractivity contribution in [3.05, 3.63) is 46.5 Å². The molecule has 1 aromatic heterocycles. The van der Waals surface area contributed by atoms with E-state index in [9.17, 15) is 9.59 Å². The standard InChI is InChI=1S/C19H26N4O2S/c1-19(2,3)14-8-6-13(7-9-14)17(25)20-10-16(24)22-18-21-15(12-26-18)11-23(4)5/h6-9,12H,10-11H2,1-5H3,(H,20,25)(H,21,22,24). The summed E-state index contributed by atoms with van der Waals surface area (Å²) >= 11 is 1.37. The van der Waals surface area contributed by atoms with Crippen LogP contribution in [0.2, 0.25) is 0 Å². The molecule has 0 spiro atoms. The molecule has 0 fully saturated rings. The number of rotatable bonds is 6. The molecule has 2 amide bonds. The molecule has 0 saturated carbocycles. The predicted molar refractivity (Wildman–Crippen MR) is 106 cm³/mol. The van der Waals surface area contributed by atoms with Gasteiger partial charge in [0.25, 0.3) is 5.91 Å². The van der Waals surface area contributed by atoms with Crippen molar-refractivity contribution in [2.75, 3.05) is 26.0 Å². The monoisotopic (exact) mass is 374 g/mol. The zero-order valence-electron chi connectivity index (χ0n) is 15.9. The van der Waals surface area contributed by atoms with Gasteiger partial charge in [0.15, 0.2) is 5.13 Å². The van der Waals surface area contributed by atoms with Crippen molar-refractivity contribution < 1.29 is 9.59 Å². The number of hydrogen-bond donors (Lipinski definition) is 2. The summed E-state index contributed by atoms with van der Waals surface area (Å²) in [4.78, 5) is 30.5. The molecule has 6 nitrogen and oxygen atoms in total. The highest BCUT2D eigenvalue weighted by molar-refractivity contribution is 7.13. The van der Waals surface area contributed by atoms with E-state index in [1.165, 1.54) is 11.3 Å². The van der Waals surface area contributed by atoms with E-state index in [4.69, 9.17) is 0 Å². The van der Waals surface area contributed by atoms with Gasteiger partial charge in [-0.25, -0.2) is 4.98 Å². The summed E-state index contributed by atoms with van der Waals surface area (Å²) in [5, 5.41) is 7.79. The lowest BCUT2D eigenvalue weighted by atomic mass is 9.87. The van der Waals surface area contributed by atoms with Gasteiger partial charge in [-0.2, -0.15) is 0 Å². The molecular weight excluding hydrogens is 348 g/mol. The molecule has 0 unspecified atom stereocenters. The molecule has 0 atom stereocenters. The highest BCUT2D eigenvalue weighted by Gasteiger charge is 2.15. The Kier molecular flexibility index (Phi) is 6.50. The summed E-state index contributed by atoms with van der Waals surface area (Å²) in [5.41, 5.74) is 2.63. The molecule has 7 heteroatoms. The van der Waals surface area contributed by atoms with Crippen molar-refractivity contribution in [1.82, 2.24) is 15.2 Å². The topological polar surface area (TPSA) is 74.3 Å². The summed E-state index contributed by atoms with van der Waals surface area (Å²) in [6.45, 7) is 6.98. The van der Waals surface area contributed by atoms with Crippen molar-refractivity contribution in [3.63, 3.8) is 0 Å². The second kappa shape index (κ2) is 8.42. The number of benzene rings is 1. The molecule has 140 valence electrons. The molecule has 26 heavy (non-hydrogen) atoms.